The van der Waals surface area contributed by atoms with Crippen molar-refractivity contribution in [3.05, 3.63) is 73.1 Å². The largest absolute Gasteiger partial charge is 0.492 e. The number of carbonyl (C=O) groups excluding carboxylic acids is 1. The summed E-state index contributed by atoms with van der Waals surface area (Å²) in [5.41, 5.74) is 2.13. The summed E-state index contributed by atoms with van der Waals surface area (Å²) in [6.07, 6.45) is 5.78. The van der Waals surface area contributed by atoms with E-state index in [1.54, 1.807) is 12.4 Å². The normalized spacial score (nSPS) is 16.1. The molecule has 0 bridgehead atoms. The maximum absolute atomic E-state index is 12.5. The molecular formula is C24H26N4O2. The van der Waals surface area contributed by atoms with E-state index in [4.69, 9.17) is 4.74 Å². The highest BCUT2D eigenvalue weighted by Crippen LogP contribution is 2.29. The second-order valence-corrected chi connectivity index (χ2v) is 7.36. The molecule has 0 aliphatic carbocycles. The molecule has 2 aromatic carbocycles. The molecule has 3 aromatic rings. The zero-order valence-electron chi connectivity index (χ0n) is 16.9. The van der Waals surface area contributed by atoms with Gasteiger partial charge in [-0.05, 0) is 30.5 Å². The third-order valence-electron chi connectivity index (χ3n) is 5.18. The molecule has 6 heteroatoms. The van der Waals surface area contributed by atoms with Crippen LogP contribution in [0.4, 0.5) is 5.95 Å². The van der Waals surface area contributed by atoms with Gasteiger partial charge >= 0.3 is 0 Å². The Hall–Kier alpha value is -3.41. The highest BCUT2D eigenvalue weighted by molar-refractivity contribution is 5.76. The van der Waals surface area contributed by atoms with Crippen LogP contribution in [0.25, 0.3) is 11.1 Å². The van der Waals surface area contributed by atoms with Crippen LogP contribution < -0.4 is 15.0 Å². The number of ether oxygens (including phenoxy) is 1. The number of amides is 1. The lowest BCUT2D eigenvalue weighted by molar-refractivity contribution is -0.122. The Morgan fingerprint density at radius 2 is 1.80 bits per heavy atom. The summed E-state index contributed by atoms with van der Waals surface area (Å²) in [4.78, 5) is 23.2. The first-order chi connectivity index (χ1) is 14.8. The van der Waals surface area contributed by atoms with Crippen molar-refractivity contribution in [1.82, 2.24) is 15.3 Å². The maximum Gasteiger partial charge on any atom is 0.225 e. The Bertz CT molecular complexity index is 950. The second-order valence-electron chi connectivity index (χ2n) is 7.36. The molecule has 30 heavy (non-hydrogen) atoms. The van der Waals surface area contributed by atoms with E-state index in [2.05, 4.69) is 32.3 Å². The van der Waals surface area contributed by atoms with E-state index in [0.29, 0.717) is 13.0 Å². The van der Waals surface area contributed by atoms with Gasteiger partial charge in [0.15, 0.2) is 0 Å². The first kappa shape index (κ1) is 19.9. The van der Waals surface area contributed by atoms with Gasteiger partial charge in [0, 0.05) is 37.1 Å². The smallest absolute Gasteiger partial charge is 0.225 e. The van der Waals surface area contributed by atoms with Crippen LogP contribution in [0.1, 0.15) is 19.3 Å². The molecule has 154 valence electrons. The molecule has 1 atom stereocenters. The molecule has 1 unspecified atom stereocenters. The van der Waals surface area contributed by atoms with E-state index >= 15 is 0 Å². The van der Waals surface area contributed by atoms with Gasteiger partial charge in [-0.25, -0.2) is 9.97 Å². The number of para-hydroxylation sites is 1. The van der Waals surface area contributed by atoms with Crippen molar-refractivity contribution in [2.75, 3.05) is 24.6 Å². The second kappa shape index (κ2) is 9.87. The molecule has 0 spiro atoms. The summed E-state index contributed by atoms with van der Waals surface area (Å²) >= 11 is 0. The lowest BCUT2D eigenvalue weighted by Crippen LogP contribution is -2.48. The number of hydrogen-bond acceptors (Lipinski definition) is 5. The molecule has 0 saturated carbocycles. The average Bonchev–Trinajstić information content (AvgIpc) is 2.81. The van der Waals surface area contributed by atoms with Crippen LogP contribution in [0, 0.1) is 0 Å². The predicted octanol–water partition coefficient (Wildman–Crippen LogP) is 3.70. The summed E-state index contributed by atoms with van der Waals surface area (Å²) in [6.45, 7) is 1.98. The van der Waals surface area contributed by atoms with Crippen LogP contribution >= 0.6 is 0 Å². The van der Waals surface area contributed by atoms with Gasteiger partial charge in [0.2, 0.25) is 11.9 Å². The minimum absolute atomic E-state index is 0.00743. The van der Waals surface area contributed by atoms with E-state index in [1.807, 2.05) is 48.5 Å². The topological polar surface area (TPSA) is 67.3 Å². The van der Waals surface area contributed by atoms with E-state index < -0.39 is 0 Å². The SMILES string of the molecule is O=C(CCOc1ccccc1-c1ccccc1)NC1CCCN(c2ncccn2)C1. The van der Waals surface area contributed by atoms with E-state index in [-0.39, 0.29) is 11.9 Å². The van der Waals surface area contributed by atoms with Crippen LogP contribution in [0.5, 0.6) is 5.75 Å². The molecule has 1 aromatic heterocycles. The number of piperidine rings is 1. The summed E-state index contributed by atoms with van der Waals surface area (Å²) in [5.74, 6) is 1.52. The first-order valence-electron chi connectivity index (χ1n) is 10.4. The molecule has 6 nitrogen and oxygen atoms in total. The number of aromatic nitrogens is 2. The fourth-order valence-electron chi connectivity index (χ4n) is 3.73. The van der Waals surface area contributed by atoms with E-state index in [9.17, 15) is 4.79 Å². The van der Waals surface area contributed by atoms with Crippen molar-refractivity contribution < 1.29 is 9.53 Å². The number of anilines is 1. The molecule has 1 saturated heterocycles. The zero-order chi connectivity index (χ0) is 20.6. The Balaban J connectivity index is 1.28. The summed E-state index contributed by atoms with van der Waals surface area (Å²) in [7, 11) is 0. The van der Waals surface area contributed by atoms with Crippen molar-refractivity contribution in [2.45, 2.75) is 25.3 Å². The van der Waals surface area contributed by atoms with Crippen LogP contribution in [0.3, 0.4) is 0 Å². The molecular weight excluding hydrogens is 376 g/mol. The lowest BCUT2D eigenvalue weighted by atomic mass is 10.0. The number of carbonyl (C=O) groups is 1. The number of benzene rings is 2. The Labute approximate surface area is 176 Å². The molecule has 1 aliphatic rings. The third-order valence-corrected chi connectivity index (χ3v) is 5.18. The van der Waals surface area contributed by atoms with Crippen molar-refractivity contribution in [3.63, 3.8) is 0 Å². The van der Waals surface area contributed by atoms with Gasteiger partial charge in [-0.3, -0.25) is 4.79 Å². The summed E-state index contributed by atoms with van der Waals surface area (Å²) in [6, 6.07) is 20.0. The van der Waals surface area contributed by atoms with Gasteiger partial charge in [-0.2, -0.15) is 0 Å². The van der Waals surface area contributed by atoms with Gasteiger partial charge in [-0.15, -0.1) is 0 Å². The van der Waals surface area contributed by atoms with Crippen molar-refractivity contribution in [2.24, 2.45) is 0 Å². The molecule has 1 aliphatic heterocycles. The van der Waals surface area contributed by atoms with Gasteiger partial charge in [0.1, 0.15) is 5.75 Å². The van der Waals surface area contributed by atoms with Crippen molar-refractivity contribution in [3.8, 4) is 16.9 Å². The number of rotatable bonds is 7. The fraction of sp³-hybridized carbons (Fsp3) is 0.292. The number of nitrogens with zero attached hydrogens (tertiary/aromatic N) is 3. The monoisotopic (exact) mass is 402 g/mol. The van der Waals surface area contributed by atoms with Gasteiger partial charge in [0.25, 0.3) is 0 Å². The van der Waals surface area contributed by atoms with Gasteiger partial charge < -0.3 is 15.0 Å². The maximum atomic E-state index is 12.5. The molecule has 0 radical (unpaired) electrons. The van der Waals surface area contributed by atoms with Crippen LogP contribution in [-0.2, 0) is 4.79 Å². The first-order valence-corrected chi connectivity index (χ1v) is 10.4. The predicted molar refractivity (Wildman–Crippen MR) is 117 cm³/mol. The Morgan fingerprint density at radius 3 is 2.63 bits per heavy atom. The molecule has 1 fully saturated rings. The highest BCUT2D eigenvalue weighted by Gasteiger charge is 2.22. The fourth-order valence-corrected chi connectivity index (χ4v) is 3.73. The number of nitrogens with one attached hydrogen (secondary N) is 1. The van der Waals surface area contributed by atoms with Crippen LogP contribution in [-0.4, -0.2) is 41.6 Å². The lowest BCUT2D eigenvalue weighted by Gasteiger charge is -2.33. The third kappa shape index (κ3) is 5.14. The van der Waals surface area contributed by atoms with Gasteiger partial charge in [-0.1, -0.05) is 48.5 Å². The summed E-state index contributed by atoms with van der Waals surface area (Å²) in [5, 5.41) is 3.14. The minimum atomic E-state index is 0.00743. The van der Waals surface area contributed by atoms with Crippen LogP contribution in [0.15, 0.2) is 73.1 Å². The average molecular weight is 402 g/mol. The quantitative estimate of drug-likeness (QED) is 0.653. The minimum Gasteiger partial charge on any atom is -0.492 e. The molecule has 4 rings (SSSR count). The number of hydrogen-bond donors (Lipinski definition) is 1. The molecule has 2 heterocycles. The molecule has 1 amide bonds. The standard InChI is InChI=1S/C24H26N4O2/c29-23(27-20-10-6-16-28(18-20)24-25-14-7-15-26-24)13-17-30-22-12-5-4-11-21(22)19-8-2-1-3-9-19/h1-5,7-9,11-12,14-15,20H,6,10,13,16-18H2,(H,27,29). The van der Waals surface area contributed by atoms with E-state index in [0.717, 1.165) is 48.8 Å². The summed E-state index contributed by atoms with van der Waals surface area (Å²) < 4.78 is 5.95. The van der Waals surface area contributed by atoms with Crippen molar-refractivity contribution >= 4 is 11.9 Å². The van der Waals surface area contributed by atoms with Crippen LogP contribution in [0.2, 0.25) is 0 Å². The zero-order valence-corrected chi connectivity index (χ0v) is 16.9. The van der Waals surface area contributed by atoms with E-state index in [1.165, 1.54) is 0 Å². The van der Waals surface area contributed by atoms with Gasteiger partial charge in [0.05, 0.1) is 13.0 Å². The Kier molecular flexibility index (Phi) is 6.54. The highest BCUT2D eigenvalue weighted by atomic mass is 16.5. The molecule has 1 N–H and O–H groups in total. The van der Waals surface area contributed by atoms with Crippen molar-refractivity contribution in [1.29, 1.82) is 0 Å². The Morgan fingerprint density at radius 1 is 1.03 bits per heavy atom.